The molecule has 0 amide bonds. The Bertz CT molecular complexity index is 480. The summed E-state index contributed by atoms with van der Waals surface area (Å²) in [4.78, 5) is 8.50. The second kappa shape index (κ2) is 4.75. The van der Waals surface area contributed by atoms with Crippen LogP contribution < -0.4 is 5.32 Å². The van der Waals surface area contributed by atoms with Gasteiger partial charge in [-0.1, -0.05) is 6.07 Å². The molecule has 0 radical (unpaired) electrons. The molecule has 0 bridgehead atoms. The summed E-state index contributed by atoms with van der Waals surface area (Å²) in [6.45, 7) is 4.78. The van der Waals surface area contributed by atoms with E-state index in [1.54, 1.807) is 6.20 Å². The lowest BCUT2D eigenvalue weighted by Crippen LogP contribution is -2.03. The van der Waals surface area contributed by atoms with E-state index in [9.17, 15) is 0 Å². The molecule has 0 aliphatic carbocycles. The topological polar surface area (TPSA) is 37.8 Å². The van der Waals surface area contributed by atoms with E-state index in [2.05, 4.69) is 15.3 Å². The van der Waals surface area contributed by atoms with Gasteiger partial charge in [0.1, 0.15) is 0 Å². The minimum atomic E-state index is 0.743. The number of nitrogens with zero attached hydrogens (tertiary/aromatic N) is 2. The van der Waals surface area contributed by atoms with Gasteiger partial charge in [-0.15, -0.1) is 0 Å². The Hall–Kier alpha value is -1.90. The molecule has 2 heterocycles. The van der Waals surface area contributed by atoms with Crippen LogP contribution in [0.5, 0.6) is 0 Å². The monoisotopic (exact) mass is 213 g/mol. The van der Waals surface area contributed by atoms with Gasteiger partial charge in [0, 0.05) is 23.8 Å². The normalized spacial score (nSPS) is 10.1. The molecule has 3 nitrogen and oxygen atoms in total. The van der Waals surface area contributed by atoms with E-state index in [4.69, 9.17) is 0 Å². The first-order chi connectivity index (χ1) is 7.75. The Morgan fingerprint density at radius 2 is 2.06 bits per heavy atom. The number of anilines is 1. The van der Waals surface area contributed by atoms with Gasteiger partial charge in [0.05, 0.1) is 12.2 Å². The van der Waals surface area contributed by atoms with Crippen LogP contribution in [0.2, 0.25) is 0 Å². The molecular weight excluding hydrogens is 198 g/mol. The molecule has 2 rings (SSSR count). The molecule has 0 aromatic carbocycles. The minimum Gasteiger partial charge on any atom is -0.379 e. The van der Waals surface area contributed by atoms with Gasteiger partial charge >= 0.3 is 0 Å². The van der Waals surface area contributed by atoms with E-state index < -0.39 is 0 Å². The van der Waals surface area contributed by atoms with Gasteiger partial charge in [-0.2, -0.15) is 0 Å². The molecule has 0 saturated heterocycles. The van der Waals surface area contributed by atoms with E-state index in [0.717, 1.165) is 29.2 Å². The Kier molecular flexibility index (Phi) is 3.15. The highest BCUT2D eigenvalue weighted by molar-refractivity contribution is 5.48. The first kappa shape index (κ1) is 10.6. The quantitative estimate of drug-likeness (QED) is 0.851. The number of nitrogens with one attached hydrogen (secondary N) is 1. The van der Waals surface area contributed by atoms with Crippen molar-refractivity contribution in [2.45, 2.75) is 20.4 Å². The maximum Gasteiger partial charge on any atom is 0.0597 e. The lowest BCUT2D eigenvalue weighted by molar-refractivity contribution is 1.01. The molecule has 0 atom stereocenters. The third-order valence-electron chi connectivity index (χ3n) is 2.43. The number of pyridine rings is 2. The first-order valence-corrected chi connectivity index (χ1v) is 5.33. The molecule has 0 aliphatic heterocycles. The molecule has 0 aliphatic rings. The van der Waals surface area contributed by atoms with Gasteiger partial charge in [-0.3, -0.25) is 9.97 Å². The first-order valence-electron chi connectivity index (χ1n) is 5.33. The van der Waals surface area contributed by atoms with Crippen molar-refractivity contribution in [2.24, 2.45) is 0 Å². The second-order valence-electron chi connectivity index (χ2n) is 3.81. The standard InChI is InChI=1S/C13H15N3/c1-10-8-14-7-6-13(10)15-9-12-5-3-4-11(2)16-12/h3-8H,9H2,1-2H3,(H,14,15). The fourth-order valence-corrected chi connectivity index (χ4v) is 1.56. The zero-order chi connectivity index (χ0) is 11.4. The van der Waals surface area contributed by atoms with Crippen molar-refractivity contribution in [2.75, 3.05) is 5.32 Å². The van der Waals surface area contributed by atoms with Gasteiger partial charge in [0.25, 0.3) is 0 Å². The van der Waals surface area contributed by atoms with Crippen molar-refractivity contribution >= 4 is 5.69 Å². The number of hydrogen-bond donors (Lipinski definition) is 1. The largest absolute Gasteiger partial charge is 0.379 e. The molecule has 82 valence electrons. The summed E-state index contributed by atoms with van der Waals surface area (Å²) in [6.07, 6.45) is 3.64. The summed E-state index contributed by atoms with van der Waals surface area (Å²) in [5, 5.41) is 3.35. The van der Waals surface area contributed by atoms with Crippen molar-refractivity contribution in [3.05, 3.63) is 53.6 Å². The van der Waals surface area contributed by atoms with E-state index in [1.165, 1.54) is 0 Å². The van der Waals surface area contributed by atoms with Gasteiger partial charge < -0.3 is 5.32 Å². The average Bonchev–Trinajstić information content (AvgIpc) is 2.28. The molecule has 2 aromatic rings. The SMILES string of the molecule is Cc1cccc(CNc2ccncc2C)n1. The Morgan fingerprint density at radius 1 is 1.19 bits per heavy atom. The summed E-state index contributed by atoms with van der Waals surface area (Å²) in [6, 6.07) is 8.03. The van der Waals surface area contributed by atoms with Crippen LogP contribution in [0.25, 0.3) is 0 Å². The van der Waals surface area contributed by atoms with Gasteiger partial charge in [0.15, 0.2) is 0 Å². The highest BCUT2D eigenvalue weighted by atomic mass is 14.9. The molecular formula is C13H15N3. The molecule has 16 heavy (non-hydrogen) atoms. The lowest BCUT2D eigenvalue weighted by Gasteiger charge is -2.08. The van der Waals surface area contributed by atoms with Crippen molar-refractivity contribution in [3.63, 3.8) is 0 Å². The van der Waals surface area contributed by atoms with Crippen molar-refractivity contribution in [1.82, 2.24) is 9.97 Å². The minimum absolute atomic E-state index is 0.743. The third kappa shape index (κ3) is 2.57. The lowest BCUT2D eigenvalue weighted by atomic mass is 10.2. The van der Waals surface area contributed by atoms with E-state index in [1.807, 2.05) is 44.3 Å². The summed E-state index contributed by atoms with van der Waals surface area (Å²) >= 11 is 0. The molecule has 0 unspecified atom stereocenters. The highest BCUT2D eigenvalue weighted by Gasteiger charge is 1.98. The number of aryl methyl sites for hydroxylation is 2. The van der Waals surface area contributed by atoms with Crippen LogP contribution in [0.15, 0.2) is 36.7 Å². The average molecular weight is 213 g/mol. The maximum atomic E-state index is 4.44. The number of rotatable bonds is 3. The summed E-state index contributed by atoms with van der Waals surface area (Å²) in [5.74, 6) is 0. The maximum absolute atomic E-state index is 4.44. The third-order valence-corrected chi connectivity index (χ3v) is 2.43. The summed E-state index contributed by atoms with van der Waals surface area (Å²) < 4.78 is 0. The Balaban J connectivity index is 2.05. The van der Waals surface area contributed by atoms with Crippen LogP contribution in [0.3, 0.4) is 0 Å². The van der Waals surface area contributed by atoms with Crippen LogP contribution in [0.4, 0.5) is 5.69 Å². The van der Waals surface area contributed by atoms with Crippen LogP contribution in [0.1, 0.15) is 17.0 Å². The fourth-order valence-electron chi connectivity index (χ4n) is 1.56. The predicted molar refractivity (Wildman–Crippen MR) is 65.3 cm³/mol. The molecule has 0 spiro atoms. The van der Waals surface area contributed by atoms with Crippen LogP contribution in [-0.4, -0.2) is 9.97 Å². The smallest absolute Gasteiger partial charge is 0.0597 e. The van der Waals surface area contributed by atoms with Crippen molar-refractivity contribution in [1.29, 1.82) is 0 Å². The number of aromatic nitrogens is 2. The molecule has 0 fully saturated rings. The second-order valence-corrected chi connectivity index (χ2v) is 3.81. The van der Waals surface area contributed by atoms with Gasteiger partial charge in [0.2, 0.25) is 0 Å². The fraction of sp³-hybridized carbons (Fsp3) is 0.231. The molecule has 2 aromatic heterocycles. The molecule has 1 N–H and O–H groups in total. The predicted octanol–water partition coefficient (Wildman–Crippen LogP) is 2.71. The molecule has 3 heteroatoms. The van der Waals surface area contributed by atoms with Gasteiger partial charge in [-0.05, 0) is 37.6 Å². The highest BCUT2D eigenvalue weighted by Crippen LogP contribution is 2.12. The van der Waals surface area contributed by atoms with E-state index in [0.29, 0.717) is 0 Å². The van der Waals surface area contributed by atoms with E-state index in [-0.39, 0.29) is 0 Å². The van der Waals surface area contributed by atoms with Crippen LogP contribution >= 0.6 is 0 Å². The molecule has 0 saturated carbocycles. The zero-order valence-corrected chi connectivity index (χ0v) is 9.57. The number of hydrogen-bond acceptors (Lipinski definition) is 3. The van der Waals surface area contributed by atoms with Crippen LogP contribution in [-0.2, 0) is 6.54 Å². The zero-order valence-electron chi connectivity index (χ0n) is 9.57. The van der Waals surface area contributed by atoms with Gasteiger partial charge in [-0.25, -0.2) is 0 Å². The van der Waals surface area contributed by atoms with Crippen LogP contribution in [0, 0.1) is 13.8 Å². The van der Waals surface area contributed by atoms with Crippen molar-refractivity contribution < 1.29 is 0 Å². The Morgan fingerprint density at radius 3 is 2.81 bits per heavy atom. The summed E-state index contributed by atoms with van der Waals surface area (Å²) in [7, 11) is 0. The van der Waals surface area contributed by atoms with Crippen molar-refractivity contribution in [3.8, 4) is 0 Å². The Labute approximate surface area is 95.6 Å². The summed E-state index contributed by atoms with van der Waals surface area (Å²) in [5.41, 5.74) is 4.36. The van der Waals surface area contributed by atoms with E-state index >= 15 is 0 Å².